The third-order valence-corrected chi connectivity index (χ3v) is 7.28. The minimum Gasteiger partial charge on any atom is -0.356 e. The van der Waals surface area contributed by atoms with Gasteiger partial charge in [0.15, 0.2) is 0 Å². The Morgan fingerprint density at radius 2 is 1.85 bits per heavy atom. The van der Waals surface area contributed by atoms with Crippen LogP contribution in [-0.2, 0) is 27.5 Å². The third-order valence-electron chi connectivity index (χ3n) is 6.68. The van der Waals surface area contributed by atoms with Gasteiger partial charge in [-0.3, -0.25) is 14.5 Å². The lowest BCUT2D eigenvalue weighted by Gasteiger charge is -2.33. The zero-order valence-corrected chi connectivity index (χ0v) is 22.7. The van der Waals surface area contributed by atoms with Crippen molar-refractivity contribution in [2.24, 2.45) is 5.92 Å². The number of hydrogen-bond donors (Lipinski definition) is 2. The first-order chi connectivity index (χ1) is 18.8. The zero-order valence-electron chi connectivity index (χ0n) is 21.9. The number of carbonyl (C=O) groups excluding carboxylic acids is 1. The highest BCUT2D eigenvalue weighted by molar-refractivity contribution is 7.92. The summed E-state index contributed by atoms with van der Waals surface area (Å²) in [6.45, 7) is 3.06. The maximum atomic E-state index is 14.8. The number of pyridine rings is 2. The van der Waals surface area contributed by atoms with Crippen LogP contribution in [0, 0.1) is 11.7 Å². The largest absolute Gasteiger partial charge is 0.433 e. The molecule has 2 N–H and O–H groups in total. The molecule has 1 unspecified atom stereocenters. The van der Waals surface area contributed by atoms with Gasteiger partial charge in [0.1, 0.15) is 17.3 Å². The Morgan fingerprint density at radius 1 is 1.12 bits per heavy atom. The van der Waals surface area contributed by atoms with Crippen LogP contribution in [0.1, 0.15) is 48.1 Å². The molecule has 0 saturated carbocycles. The maximum absolute atomic E-state index is 14.8. The number of rotatable bonds is 8. The molecular weight excluding hydrogens is 550 g/mol. The van der Waals surface area contributed by atoms with Crippen LogP contribution in [-0.4, -0.2) is 43.6 Å². The van der Waals surface area contributed by atoms with E-state index >= 15 is 0 Å². The summed E-state index contributed by atoms with van der Waals surface area (Å²) in [6, 6.07) is 9.15. The van der Waals surface area contributed by atoms with Crippen molar-refractivity contribution in [3.05, 3.63) is 83.1 Å². The van der Waals surface area contributed by atoms with Crippen LogP contribution in [0.15, 0.2) is 54.9 Å². The quantitative estimate of drug-likeness (QED) is 0.376. The van der Waals surface area contributed by atoms with Crippen LogP contribution in [0.2, 0.25) is 0 Å². The van der Waals surface area contributed by atoms with Crippen molar-refractivity contribution in [3.63, 3.8) is 0 Å². The van der Waals surface area contributed by atoms with Crippen molar-refractivity contribution in [1.82, 2.24) is 15.3 Å². The molecule has 0 aliphatic carbocycles. The molecule has 0 bridgehead atoms. The summed E-state index contributed by atoms with van der Waals surface area (Å²) >= 11 is 0. The van der Waals surface area contributed by atoms with Gasteiger partial charge in [-0.05, 0) is 54.2 Å². The van der Waals surface area contributed by atoms with E-state index in [1.54, 1.807) is 17.0 Å². The average Bonchev–Trinajstić information content (AvgIpc) is 2.89. The molecule has 1 amide bonds. The molecule has 1 atom stereocenters. The Labute approximate surface area is 229 Å². The van der Waals surface area contributed by atoms with E-state index in [-0.39, 0.29) is 23.6 Å². The van der Waals surface area contributed by atoms with E-state index in [1.807, 2.05) is 0 Å². The van der Waals surface area contributed by atoms with Gasteiger partial charge in [-0.2, -0.15) is 13.2 Å². The molecule has 1 aliphatic heterocycles. The van der Waals surface area contributed by atoms with E-state index < -0.39 is 39.5 Å². The van der Waals surface area contributed by atoms with Crippen LogP contribution in [0.4, 0.5) is 29.1 Å². The number of amides is 1. The Morgan fingerprint density at radius 3 is 2.45 bits per heavy atom. The molecule has 3 heterocycles. The molecule has 214 valence electrons. The number of halogens is 4. The molecule has 2 aromatic heterocycles. The van der Waals surface area contributed by atoms with E-state index in [0.29, 0.717) is 30.1 Å². The number of nitrogens with one attached hydrogen (secondary N) is 2. The van der Waals surface area contributed by atoms with Gasteiger partial charge in [0.2, 0.25) is 15.9 Å². The van der Waals surface area contributed by atoms with E-state index in [4.69, 9.17) is 0 Å². The fourth-order valence-electron chi connectivity index (χ4n) is 4.59. The van der Waals surface area contributed by atoms with Crippen molar-refractivity contribution in [2.75, 3.05) is 29.0 Å². The van der Waals surface area contributed by atoms with E-state index in [1.165, 1.54) is 30.6 Å². The molecule has 4 rings (SSSR count). The lowest BCUT2D eigenvalue weighted by Crippen LogP contribution is -2.36. The fraction of sp³-hybridized carbons (Fsp3) is 0.370. The van der Waals surface area contributed by atoms with E-state index in [0.717, 1.165) is 31.2 Å². The van der Waals surface area contributed by atoms with Crippen molar-refractivity contribution < 1.29 is 30.8 Å². The second-order valence-corrected chi connectivity index (χ2v) is 11.6. The molecule has 1 aromatic carbocycles. The summed E-state index contributed by atoms with van der Waals surface area (Å²) in [4.78, 5) is 23.3. The number of carbonyl (C=O) groups is 1. The van der Waals surface area contributed by atoms with Crippen LogP contribution in [0.3, 0.4) is 0 Å². The minimum atomic E-state index is -4.62. The Hall–Kier alpha value is -3.74. The van der Waals surface area contributed by atoms with Crippen LogP contribution in [0.5, 0.6) is 0 Å². The summed E-state index contributed by atoms with van der Waals surface area (Å²) in [6.07, 6.45) is 0.849. The first-order valence-electron chi connectivity index (χ1n) is 12.6. The monoisotopic (exact) mass is 579 g/mol. The normalized spacial score (nSPS) is 15.5. The van der Waals surface area contributed by atoms with Gasteiger partial charge in [0.05, 0.1) is 17.9 Å². The SMILES string of the molecule is CC1CCN(c2nc(C(F)(F)F)ccc2CNC(=O)C(c2cccnc2)c2ccc(NS(C)(=O)=O)c(F)c2)CC1. The second-order valence-electron chi connectivity index (χ2n) is 9.90. The van der Waals surface area contributed by atoms with Gasteiger partial charge in [0, 0.05) is 37.6 Å². The van der Waals surface area contributed by atoms with Gasteiger partial charge in [-0.25, -0.2) is 17.8 Å². The standard InChI is InChI=1S/C27H29F4N5O3S/c1-17-9-12-36(13-10-17)25-20(6-8-23(34-25)27(29,30)31)16-33-26(37)24(19-4-3-11-32-15-19)18-5-7-22(21(28)14-18)35-40(2,38)39/h3-8,11,14-15,17,24,35H,9-10,12-13,16H2,1-2H3,(H,33,37). The number of piperidine rings is 1. The van der Waals surface area contributed by atoms with Crippen LogP contribution in [0.25, 0.3) is 0 Å². The molecule has 1 aliphatic rings. The van der Waals surface area contributed by atoms with Crippen molar-refractivity contribution >= 4 is 27.4 Å². The first kappa shape index (κ1) is 29.2. The zero-order chi connectivity index (χ0) is 29.1. The minimum absolute atomic E-state index is 0.113. The Bertz CT molecular complexity index is 1460. The number of sulfonamides is 1. The highest BCUT2D eigenvalue weighted by atomic mass is 32.2. The number of anilines is 2. The highest BCUT2D eigenvalue weighted by Crippen LogP contribution is 2.33. The molecule has 3 aromatic rings. The number of aromatic nitrogens is 2. The molecule has 1 saturated heterocycles. The number of alkyl halides is 3. The van der Waals surface area contributed by atoms with Crippen molar-refractivity contribution in [1.29, 1.82) is 0 Å². The van der Waals surface area contributed by atoms with E-state index in [2.05, 4.69) is 26.9 Å². The van der Waals surface area contributed by atoms with Gasteiger partial charge >= 0.3 is 6.18 Å². The highest BCUT2D eigenvalue weighted by Gasteiger charge is 2.34. The van der Waals surface area contributed by atoms with Gasteiger partial charge < -0.3 is 10.2 Å². The number of nitrogens with zero attached hydrogens (tertiary/aromatic N) is 3. The lowest BCUT2D eigenvalue weighted by molar-refractivity contribution is -0.141. The third kappa shape index (κ3) is 7.26. The van der Waals surface area contributed by atoms with E-state index in [9.17, 15) is 30.8 Å². The van der Waals surface area contributed by atoms with Crippen LogP contribution < -0.4 is 14.9 Å². The smallest absolute Gasteiger partial charge is 0.356 e. The van der Waals surface area contributed by atoms with Gasteiger partial charge in [-0.1, -0.05) is 25.1 Å². The maximum Gasteiger partial charge on any atom is 0.433 e. The van der Waals surface area contributed by atoms with Gasteiger partial charge in [0.25, 0.3) is 0 Å². The topological polar surface area (TPSA) is 104 Å². The van der Waals surface area contributed by atoms with Gasteiger partial charge in [-0.15, -0.1) is 0 Å². The summed E-state index contributed by atoms with van der Waals surface area (Å²) in [5, 5.41) is 2.77. The average molecular weight is 580 g/mol. The number of hydrogen-bond acceptors (Lipinski definition) is 6. The summed E-state index contributed by atoms with van der Waals surface area (Å²) in [5.41, 5.74) is -0.188. The van der Waals surface area contributed by atoms with Crippen LogP contribution >= 0.6 is 0 Å². The first-order valence-corrected chi connectivity index (χ1v) is 14.5. The molecule has 40 heavy (non-hydrogen) atoms. The fourth-order valence-corrected chi connectivity index (χ4v) is 5.15. The summed E-state index contributed by atoms with van der Waals surface area (Å²) in [5.74, 6) is -1.84. The molecular formula is C27H29F4N5O3S. The number of benzene rings is 1. The van der Waals surface area contributed by atoms with Crippen molar-refractivity contribution in [2.45, 2.75) is 38.4 Å². The predicted octanol–water partition coefficient (Wildman–Crippen LogP) is 4.69. The molecule has 8 nitrogen and oxygen atoms in total. The lowest BCUT2D eigenvalue weighted by atomic mass is 9.91. The summed E-state index contributed by atoms with van der Waals surface area (Å²) < 4.78 is 80.3. The summed E-state index contributed by atoms with van der Waals surface area (Å²) in [7, 11) is -3.73. The molecule has 0 spiro atoms. The molecule has 13 heteroatoms. The molecule has 1 fully saturated rings. The Balaban J connectivity index is 1.63. The predicted molar refractivity (Wildman–Crippen MR) is 143 cm³/mol. The second kappa shape index (κ2) is 11.8. The Kier molecular flexibility index (Phi) is 8.62. The molecule has 0 radical (unpaired) electrons. The van der Waals surface area contributed by atoms with Crippen molar-refractivity contribution in [3.8, 4) is 0 Å².